The summed E-state index contributed by atoms with van der Waals surface area (Å²) in [7, 11) is 1.51. The lowest BCUT2D eigenvalue weighted by Crippen LogP contribution is -2.10. The van der Waals surface area contributed by atoms with E-state index in [1.165, 1.54) is 7.11 Å². The number of ketones is 1. The maximum Gasteiger partial charge on any atom is 0.166 e. The molecule has 0 amide bonds. The Hall–Kier alpha value is -2.80. The van der Waals surface area contributed by atoms with Crippen molar-refractivity contribution in [2.75, 3.05) is 7.11 Å². The van der Waals surface area contributed by atoms with Gasteiger partial charge in [0.05, 0.1) is 12.7 Å². The molecular formula is C19H19NO3. The fourth-order valence-corrected chi connectivity index (χ4v) is 2.17. The van der Waals surface area contributed by atoms with Gasteiger partial charge in [0.1, 0.15) is 12.7 Å². The molecule has 0 spiro atoms. The van der Waals surface area contributed by atoms with E-state index >= 15 is 0 Å². The first-order valence-corrected chi connectivity index (χ1v) is 7.40. The third-order valence-corrected chi connectivity index (χ3v) is 3.45. The van der Waals surface area contributed by atoms with Crippen LogP contribution < -0.4 is 9.47 Å². The van der Waals surface area contributed by atoms with Crippen LogP contribution in [0.4, 0.5) is 0 Å². The van der Waals surface area contributed by atoms with Gasteiger partial charge in [0.2, 0.25) is 0 Å². The topological polar surface area (TPSA) is 59.3 Å². The van der Waals surface area contributed by atoms with Crippen molar-refractivity contribution in [3.63, 3.8) is 0 Å². The van der Waals surface area contributed by atoms with Crippen LogP contribution in [-0.4, -0.2) is 12.9 Å². The standard InChI is InChI=1S/C19H19NO3/c1-13(2)19(21)16-10-18(17(22-3)9-15(16)11-20)23-12-14-7-5-4-6-8-14/h4-10,13H,12H2,1-3H3. The number of carbonyl (C=O) groups excluding carboxylic acids is 1. The van der Waals surface area contributed by atoms with Gasteiger partial charge in [-0.1, -0.05) is 44.2 Å². The van der Waals surface area contributed by atoms with Crippen LogP contribution in [0, 0.1) is 17.2 Å². The molecule has 0 saturated carbocycles. The average molecular weight is 309 g/mol. The minimum absolute atomic E-state index is 0.0891. The van der Waals surface area contributed by atoms with Crippen LogP contribution in [0.15, 0.2) is 42.5 Å². The van der Waals surface area contributed by atoms with E-state index in [4.69, 9.17) is 9.47 Å². The molecule has 2 rings (SSSR count). The smallest absolute Gasteiger partial charge is 0.166 e. The maximum absolute atomic E-state index is 12.3. The molecule has 2 aromatic carbocycles. The second-order valence-electron chi connectivity index (χ2n) is 5.45. The van der Waals surface area contributed by atoms with Crippen molar-refractivity contribution in [3.05, 3.63) is 59.2 Å². The molecule has 4 nitrogen and oxygen atoms in total. The van der Waals surface area contributed by atoms with E-state index in [2.05, 4.69) is 6.07 Å². The monoisotopic (exact) mass is 309 g/mol. The molecule has 0 aromatic heterocycles. The number of carbonyl (C=O) groups is 1. The number of ether oxygens (including phenoxy) is 2. The van der Waals surface area contributed by atoms with Gasteiger partial charge in [-0.3, -0.25) is 4.79 Å². The molecule has 0 aliphatic heterocycles. The first kappa shape index (κ1) is 16.6. The Morgan fingerprint density at radius 1 is 1.17 bits per heavy atom. The molecule has 4 heteroatoms. The lowest BCUT2D eigenvalue weighted by Gasteiger charge is -2.14. The Labute approximate surface area is 136 Å². The highest BCUT2D eigenvalue weighted by Gasteiger charge is 2.19. The molecular weight excluding hydrogens is 290 g/mol. The zero-order valence-corrected chi connectivity index (χ0v) is 13.5. The van der Waals surface area contributed by atoms with E-state index in [1.807, 2.05) is 30.3 Å². The molecule has 0 N–H and O–H groups in total. The normalized spacial score (nSPS) is 10.2. The zero-order chi connectivity index (χ0) is 16.8. The van der Waals surface area contributed by atoms with Crippen molar-refractivity contribution >= 4 is 5.78 Å². The highest BCUT2D eigenvalue weighted by atomic mass is 16.5. The van der Waals surface area contributed by atoms with Crippen LogP contribution >= 0.6 is 0 Å². The van der Waals surface area contributed by atoms with Crippen LogP contribution in [0.1, 0.15) is 35.3 Å². The van der Waals surface area contributed by atoms with Crippen molar-refractivity contribution < 1.29 is 14.3 Å². The minimum atomic E-state index is -0.197. The van der Waals surface area contributed by atoms with Crippen molar-refractivity contribution in [1.82, 2.24) is 0 Å². The number of hydrogen-bond donors (Lipinski definition) is 0. The summed E-state index contributed by atoms with van der Waals surface area (Å²) in [6.07, 6.45) is 0. The minimum Gasteiger partial charge on any atom is -0.493 e. The predicted octanol–water partition coefficient (Wildman–Crippen LogP) is 3.98. The number of nitrogens with zero attached hydrogens (tertiary/aromatic N) is 1. The molecule has 0 bridgehead atoms. The summed E-state index contributed by atoms with van der Waals surface area (Å²) in [4.78, 5) is 12.3. The number of methoxy groups -OCH3 is 1. The van der Waals surface area contributed by atoms with Crippen LogP contribution in [-0.2, 0) is 6.61 Å². The van der Waals surface area contributed by atoms with E-state index in [0.717, 1.165) is 5.56 Å². The van der Waals surface area contributed by atoms with Crippen molar-refractivity contribution in [2.45, 2.75) is 20.5 Å². The molecule has 0 radical (unpaired) electrons. The molecule has 0 fully saturated rings. The van der Waals surface area contributed by atoms with Gasteiger partial charge in [0.15, 0.2) is 17.3 Å². The van der Waals surface area contributed by atoms with Gasteiger partial charge < -0.3 is 9.47 Å². The number of hydrogen-bond acceptors (Lipinski definition) is 4. The average Bonchev–Trinajstić information content (AvgIpc) is 2.59. The molecule has 23 heavy (non-hydrogen) atoms. The molecule has 0 atom stereocenters. The maximum atomic E-state index is 12.3. The van der Waals surface area contributed by atoms with Gasteiger partial charge in [0, 0.05) is 17.5 Å². The Morgan fingerprint density at radius 2 is 1.87 bits per heavy atom. The SMILES string of the molecule is COc1cc(C#N)c(C(=O)C(C)C)cc1OCc1ccccc1. The Kier molecular flexibility index (Phi) is 5.37. The third-order valence-electron chi connectivity index (χ3n) is 3.45. The molecule has 0 saturated heterocycles. The molecule has 118 valence electrons. The van der Waals surface area contributed by atoms with Crippen LogP contribution in [0.3, 0.4) is 0 Å². The fourth-order valence-electron chi connectivity index (χ4n) is 2.17. The summed E-state index contributed by atoms with van der Waals surface area (Å²) in [5.74, 6) is 0.614. The summed E-state index contributed by atoms with van der Waals surface area (Å²) in [5.41, 5.74) is 1.68. The highest BCUT2D eigenvalue weighted by Crippen LogP contribution is 2.32. The third kappa shape index (κ3) is 3.89. The summed E-state index contributed by atoms with van der Waals surface area (Å²) in [6.45, 7) is 3.97. The van der Waals surface area contributed by atoms with E-state index in [9.17, 15) is 10.1 Å². The van der Waals surface area contributed by atoms with E-state index in [0.29, 0.717) is 29.2 Å². The first-order valence-electron chi connectivity index (χ1n) is 7.40. The first-order chi connectivity index (χ1) is 11.1. The quantitative estimate of drug-likeness (QED) is 0.757. The fraction of sp³-hybridized carbons (Fsp3) is 0.263. The van der Waals surface area contributed by atoms with Gasteiger partial charge in [-0.15, -0.1) is 0 Å². The van der Waals surface area contributed by atoms with E-state index < -0.39 is 0 Å². The highest BCUT2D eigenvalue weighted by molar-refractivity contribution is 6.00. The van der Waals surface area contributed by atoms with Gasteiger partial charge >= 0.3 is 0 Å². The Morgan fingerprint density at radius 3 is 2.43 bits per heavy atom. The summed E-state index contributed by atoms with van der Waals surface area (Å²) >= 11 is 0. The molecule has 0 heterocycles. The van der Waals surface area contributed by atoms with Crippen LogP contribution in [0.2, 0.25) is 0 Å². The Bertz CT molecular complexity index is 730. The van der Waals surface area contributed by atoms with Gasteiger partial charge in [-0.25, -0.2) is 0 Å². The summed E-state index contributed by atoms with van der Waals surface area (Å²) in [6, 6.07) is 14.9. The van der Waals surface area contributed by atoms with Crippen molar-refractivity contribution in [2.24, 2.45) is 5.92 Å². The summed E-state index contributed by atoms with van der Waals surface area (Å²) < 4.78 is 11.1. The molecule has 0 aliphatic rings. The molecule has 0 unspecified atom stereocenters. The van der Waals surface area contributed by atoms with E-state index in [-0.39, 0.29) is 11.7 Å². The largest absolute Gasteiger partial charge is 0.493 e. The van der Waals surface area contributed by atoms with Crippen LogP contribution in [0.25, 0.3) is 0 Å². The Balaban J connectivity index is 2.36. The second-order valence-corrected chi connectivity index (χ2v) is 5.45. The number of rotatable bonds is 6. The van der Waals surface area contributed by atoms with Gasteiger partial charge in [-0.2, -0.15) is 5.26 Å². The zero-order valence-electron chi connectivity index (χ0n) is 13.5. The second kappa shape index (κ2) is 7.46. The lowest BCUT2D eigenvalue weighted by atomic mass is 9.96. The number of nitriles is 1. The van der Waals surface area contributed by atoms with Crippen molar-refractivity contribution in [1.29, 1.82) is 5.26 Å². The predicted molar refractivity (Wildman–Crippen MR) is 87.7 cm³/mol. The lowest BCUT2D eigenvalue weighted by molar-refractivity contribution is 0.0938. The number of benzene rings is 2. The van der Waals surface area contributed by atoms with Crippen molar-refractivity contribution in [3.8, 4) is 17.6 Å². The van der Waals surface area contributed by atoms with E-state index in [1.54, 1.807) is 26.0 Å². The summed E-state index contributed by atoms with van der Waals surface area (Å²) in [5, 5.41) is 9.27. The molecule has 0 aliphatic carbocycles. The van der Waals surface area contributed by atoms with Crippen LogP contribution in [0.5, 0.6) is 11.5 Å². The van der Waals surface area contributed by atoms with Gasteiger partial charge in [0.25, 0.3) is 0 Å². The van der Waals surface area contributed by atoms with Gasteiger partial charge in [-0.05, 0) is 11.6 Å². The molecule has 2 aromatic rings. The number of Topliss-reactive ketones (excluding diaryl/α,β-unsaturated/α-hetero) is 1.